The number of aryl methyl sites for hydroxylation is 2. The van der Waals surface area contributed by atoms with Crippen LogP contribution < -0.4 is 9.47 Å². The molecule has 1 aliphatic rings. The third kappa shape index (κ3) is 4.15. The van der Waals surface area contributed by atoms with Gasteiger partial charge in [-0.3, -0.25) is 0 Å². The molecule has 4 rings (SSSR count). The monoisotopic (exact) mass is 508 g/mol. The van der Waals surface area contributed by atoms with E-state index in [-0.39, 0.29) is 0 Å². The zero-order valence-corrected chi connectivity index (χ0v) is 18.8. The van der Waals surface area contributed by atoms with E-state index in [2.05, 4.69) is 53.1 Å². The van der Waals surface area contributed by atoms with Crippen molar-refractivity contribution >= 4 is 34.2 Å². The average molecular weight is 509 g/mol. The highest BCUT2D eigenvalue weighted by atomic mass is 127. The fraction of sp³-hybridized carbons (Fsp3) is 0.318. The summed E-state index contributed by atoms with van der Waals surface area (Å²) in [6.45, 7) is 5.66. The number of hydrogen-bond donors (Lipinski definition) is 0. The molecule has 3 aromatic rings. The van der Waals surface area contributed by atoms with Crippen molar-refractivity contribution in [2.45, 2.75) is 33.2 Å². The van der Waals surface area contributed by atoms with Gasteiger partial charge in [-0.25, -0.2) is 4.98 Å². The maximum atomic E-state index is 6.06. The molecule has 0 fully saturated rings. The summed E-state index contributed by atoms with van der Waals surface area (Å²) in [5.41, 5.74) is 4.69. The predicted octanol–water partition coefficient (Wildman–Crippen LogP) is 5.98. The quantitative estimate of drug-likeness (QED) is 0.385. The van der Waals surface area contributed by atoms with Gasteiger partial charge in [-0.05, 0) is 71.2 Å². The Morgan fingerprint density at radius 2 is 1.86 bits per heavy atom. The molecule has 146 valence electrons. The molecule has 1 aromatic heterocycles. The van der Waals surface area contributed by atoms with Crippen LogP contribution in [0.5, 0.6) is 11.5 Å². The van der Waals surface area contributed by atoms with Gasteiger partial charge in [0.25, 0.3) is 0 Å². The van der Waals surface area contributed by atoms with Crippen LogP contribution in [-0.4, -0.2) is 16.3 Å². The molecular formula is C22H22ClIN2O2. The fourth-order valence-corrected chi connectivity index (χ4v) is 4.28. The molecule has 0 N–H and O–H groups in total. The molecule has 0 unspecified atom stereocenters. The number of imidazole rings is 1. The first kappa shape index (κ1) is 19.6. The van der Waals surface area contributed by atoms with Crippen LogP contribution in [0.4, 0.5) is 0 Å². The van der Waals surface area contributed by atoms with Crippen molar-refractivity contribution in [3.05, 3.63) is 62.6 Å². The lowest BCUT2D eigenvalue weighted by molar-refractivity contribution is 0.174. The van der Waals surface area contributed by atoms with Crippen LogP contribution in [-0.2, 0) is 19.4 Å². The van der Waals surface area contributed by atoms with E-state index >= 15 is 0 Å². The Morgan fingerprint density at radius 3 is 2.57 bits per heavy atom. The van der Waals surface area contributed by atoms with Crippen molar-refractivity contribution in [1.29, 1.82) is 0 Å². The summed E-state index contributed by atoms with van der Waals surface area (Å²) in [5, 5.41) is 0.742. The molecule has 0 aliphatic carbocycles. The largest absolute Gasteiger partial charge is 0.454 e. The standard InChI is InChI=1S/C22H22ClIN2O2/c1-14(2)9-19-22(15-3-5-17(23)6-4-15)25-12-26(19)8-7-16-10-20-21(11-18(16)24)28-13-27-20/h3-6,10-12,14H,7-9,13H2,1-2H3. The Morgan fingerprint density at radius 1 is 1.14 bits per heavy atom. The minimum absolute atomic E-state index is 0.305. The second-order valence-corrected chi connectivity index (χ2v) is 8.98. The lowest BCUT2D eigenvalue weighted by atomic mass is 10.0. The van der Waals surface area contributed by atoms with Crippen molar-refractivity contribution in [1.82, 2.24) is 9.55 Å². The SMILES string of the molecule is CC(C)Cc1c(-c2ccc(Cl)cc2)ncn1CCc1cc2c(cc1I)OCO2. The van der Waals surface area contributed by atoms with E-state index < -0.39 is 0 Å². The Balaban J connectivity index is 1.60. The molecule has 0 bridgehead atoms. The maximum Gasteiger partial charge on any atom is 0.231 e. The second kappa shape index (κ2) is 8.33. The first-order valence-electron chi connectivity index (χ1n) is 9.39. The number of halogens is 2. The molecule has 28 heavy (non-hydrogen) atoms. The number of nitrogens with zero attached hydrogens (tertiary/aromatic N) is 2. The Kier molecular flexibility index (Phi) is 5.83. The second-order valence-electron chi connectivity index (χ2n) is 7.39. The van der Waals surface area contributed by atoms with Gasteiger partial charge >= 0.3 is 0 Å². The zero-order chi connectivity index (χ0) is 19.7. The van der Waals surface area contributed by atoms with Crippen LogP contribution >= 0.6 is 34.2 Å². The highest BCUT2D eigenvalue weighted by Gasteiger charge is 2.18. The highest BCUT2D eigenvalue weighted by Crippen LogP contribution is 2.36. The summed E-state index contributed by atoms with van der Waals surface area (Å²) in [5.74, 6) is 2.22. The number of hydrogen-bond acceptors (Lipinski definition) is 3. The minimum Gasteiger partial charge on any atom is -0.454 e. The first-order chi connectivity index (χ1) is 13.5. The van der Waals surface area contributed by atoms with Gasteiger partial charge in [0.05, 0.1) is 12.0 Å². The Labute approximate surface area is 184 Å². The van der Waals surface area contributed by atoms with Gasteiger partial charge in [0.1, 0.15) is 0 Å². The molecule has 0 saturated heterocycles. The van der Waals surface area contributed by atoms with Crippen molar-refractivity contribution in [2.24, 2.45) is 5.92 Å². The summed E-state index contributed by atoms with van der Waals surface area (Å²) in [6, 6.07) is 12.1. The van der Waals surface area contributed by atoms with Crippen LogP contribution in [0.15, 0.2) is 42.7 Å². The Hall–Kier alpha value is -1.73. The summed E-state index contributed by atoms with van der Waals surface area (Å²) in [4.78, 5) is 4.73. The van der Waals surface area contributed by atoms with Crippen molar-refractivity contribution in [2.75, 3.05) is 6.79 Å². The molecule has 0 spiro atoms. The molecule has 2 aromatic carbocycles. The van der Waals surface area contributed by atoms with E-state index in [0.29, 0.717) is 12.7 Å². The van der Waals surface area contributed by atoms with E-state index in [4.69, 9.17) is 26.1 Å². The Bertz CT molecular complexity index is 983. The van der Waals surface area contributed by atoms with Gasteiger partial charge in [-0.1, -0.05) is 37.6 Å². The van der Waals surface area contributed by atoms with E-state index in [1.165, 1.54) is 14.8 Å². The van der Waals surface area contributed by atoms with E-state index in [1.807, 2.05) is 30.6 Å². The van der Waals surface area contributed by atoms with E-state index in [9.17, 15) is 0 Å². The minimum atomic E-state index is 0.305. The van der Waals surface area contributed by atoms with Crippen LogP contribution in [0.1, 0.15) is 25.1 Å². The first-order valence-corrected chi connectivity index (χ1v) is 10.8. The number of aromatic nitrogens is 2. The van der Waals surface area contributed by atoms with Crippen LogP contribution in [0.2, 0.25) is 5.02 Å². The van der Waals surface area contributed by atoms with Crippen molar-refractivity contribution in [3.63, 3.8) is 0 Å². The van der Waals surface area contributed by atoms with Gasteiger partial charge in [0.15, 0.2) is 11.5 Å². The molecule has 4 nitrogen and oxygen atoms in total. The van der Waals surface area contributed by atoms with Crippen LogP contribution in [0, 0.1) is 9.49 Å². The molecule has 6 heteroatoms. The topological polar surface area (TPSA) is 36.3 Å². The normalized spacial score (nSPS) is 12.8. The number of ether oxygens (including phenoxy) is 2. The zero-order valence-electron chi connectivity index (χ0n) is 15.9. The number of benzene rings is 2. The van der Waals surface area contributed by atoms with E-state index in [0.717, 1.165) is 47.2 Å². The van der Waals surface area contributed by atoms with Crippen LogP contribution in [0.25, 0.3) is 11.3 Å². The highest BCUT2D eigenvalue weighted by molar-refractivity contribution is 14.1. The summed E-state index contributed by atoms with van der Waals surface area (Å²) >= 11 is 8.43. The smallest absolute Gasteiger partial charge is 0.231 e. The summed E-state index contributed by atoms with van der Waals surface area (Å²) in [7, 11) is 0. The average Bonchev–Trinajstić information content (AvgIpc) is 3.26. The molecular weight excluding hydrogens is 487 g/mol. The summed E-state index contributed by atoms with van der Waals surface area (Å²) < 4.78 is 14.5. The molecule has 0 radical (unpaired) electrons. The molecule has 0 atom stereocenters. The van der Waals surface area contributed by atoms with Crippen molar-refractivity contribution < 1.29 is 9.47 Å². The molecule has 0 amide bonds. The molecule has 1 aliphatic heterocycles. The lowest BCUT2D eigenvalue weighted by Gasteiger charge is -2.13. The van der Waals surface area contributed by atoms with Gasteiger partial charge in [-0.15, -0.1) is 0 Å². The maximum absolute atomic E-state index is 6.06. The number of fused-ring (bicyclic) bond motifs is 1. The predicted molar refractivity (Wildman–Crippen MR) is 120 cm³/mol. The third-order valence-corrected chi connectivity index (χ3v) is 6.09. The van der Waals surface area contributed by atoms with E-state index in [1.54, 1.807) is 0 Å². The molecule has 2 heterocycles. The van der Waals surface area contributed by atoms with Gasteiger partial charge < -0.3 is 14.0 Å². The van der Waals surface area contributed by atoms with Crippen molar-refractivity contribution in [3.8, 4) is 22.8 Å². The molecule has 0 saturated carbocycles. The fourth-order valence-electron chi connectivity index (χ4n) is 3.44. The number of rotatable bonds is 6. The van der Waals surface area contributed by atoms with Gasteiger partial charge in [-0.2, -0.15) is 0 Å². The lowest BCUT2D eigenvalue weighted by Crippen LogP contribution is -2.08. The third-order valence-electron chi connectivity index (χ3n) is 4.83. The van der Waals surface area contributed by atoms with Gasteiger partial charge in [0, 0.05) is 26.4 Å². The van der Waals surface area contributed by atoms with Crippen LogP contribution in [0.3, 0.4) is 0 Å². The summed E-state index contributed by atoms with van der Waals surface area (Å²) in [6.07, 6.45) is 3.86. The van der Waals surface area contributed by atoms with Gasteiger partial charge in [0.2, 0.25) is 6.79 Å².